The first-order valence-corrected chi connectivity index (χ1v) is 8.19. The number of halogens is 1. The molecule has 126 valence electrons. The molecular formula is C18H15ClN4O2. The predicted molar refractivity (Wildman–Crippen MR) is 95.3 cm³/mol. The molecule has 0 radical (unpaired) electrons. The molecule has 2 aromatic rings. The van der Waals surface area contributed by atoms with Gasteiger partial charge in [-0.25, -0.2) is 0 Å². The van der Waals surface area contributed by atoms with Gasteiger partial charge >= 0.3 is 0 Å². The zero-order valence-corrected chi connectivity index (χ0v) is 14.3. The maximum Gasteiger partial charge on any atom is 0.258 e. The number of nitrogens with zero attached hydrogens (tertiary/aromatic N) is 4. The molecule has 25 heavy (non-hydrogen) atoms. The second kappa shape index (κ2) is 7.77. The third kappa shape index (κ3) is 4.14. The van der Waals surface area contributed by atoms with Crippen LogP contribution in [0.25, 0.3) is 17.2 Å². The monoisotopic (exact) mass is 354 g/mol. The van der Waals surface area contributed by atoms with Crippen molar-refractivity contribution < 1.29 is 9.26 Å². The number of allylic oxidation sites excluding steroid dienone is 3. The van der Waals surface area contributed by atoms with Crippen molar-refractivity contribution in [2.75, 3.05) is 6.61 Å². The Morgan fingerprint density at radius 3 is 3.00 bits per heavy atom. The minimum atomic E-state index is 0.299. The van der Waals surface area contributed by atoms with E-state index in [9.17, 15) is 5.26 Å². The van der Waals surface area contributed by atoms with E-state index in [4.69, 9.17) is 20.9 Å². The van der Waals surface area contributed by atoms with Gasteiger partial charge in [0.25, 0.3) is 5.89 Å². The van der Waals surface area contributed by atoms with Crippen LogP contribution in [0.5, 0.6) is 5.75 Å². The Kier molecular flexibility index (Phi) is 5.26. The summed E-state index contributed by atoms with van der Waals surface area (Å²) in [6, 6.07) is 7.25. The minimum Gasteiger partial charge on any atom is -0.494 e. The summed E-state index contributed by atoms with van der Waals surface area (Å²) in [6.45, 7) is 2.58. The topological polar surface area (TPSA) is 84.3 Å². The van der Waals surface area contributed by atoms with Gasteiger partial charge in [-0.05, 0) is 31.0 Å². The Labute approximate surface area is 150 Å². The summed E-state index contributed by atoms with van der Waals surface area (Å²) in [5.74, 6) is 1.26. The van der Waals surface area contributed by atoms with Crippen molar-refractivity contribution in [3.63, 3.8) is 0 Å². The van der Waals surface area contributed by atoms with Crippen molar-refractivity contribution in [1.82, 2.24) is 10.1 Å². The average molecular weight is 355 g/mol. The molecule has 1 aliphatic heterocycles. The van der Waals surface area contributed by atoms with Crippen LogP contribution in [0.4, 0.5) is 0 Å². The summed E-state index contributed by atoms with van der Waals surface area (Å²) in [7, 11) is 0. The van der Waals surface area contributed by atoms with Crippen LogP contribution in [0.3, 0.4) is 0 Å². The fourth-order valence-corrected chi connectivity index (χ4v) is 2.34. The molecule has 0 atom stereocenters. The Morgan fingerprint density at radius 2 is 2.20 bits per heavy atom. The van der Waals surface area contributed by atoms with E-state index in [0.717, 1.165) is 6.42 Å². The van der Waals surface area contributed by atoms with E-state index in [0.29, 0.717) is 52.3 Å². The predicted octanol–water partition coefficient (Wildman–Crippen LogP) is 4.34. The number of rotatable bonds is 5. The molecule has 0 amide bonds. The molecular weight excluding hydrogens is 340 g/mol. The second-order valence-corrected chi connectivity index (χ2v) is 5.74. The highest BCUT2D eigenvalue weighted by Gasteiger charge is 2.14. The van der Waals surface area contributed by atoms with E-state index in [1.54, 1.807) is 24.4 Å². The maximum atomic E-state index is 9.21. The summed E-state index contributed by atoms with van der Waals surface area (Å²) in [6.07, 6.45) is 6.76. The Morgan fingerprint density at radius 1 is 1.32 bits per heavy atom. The first-order valence-electron chi connectivity index (χ1n) is 7.82. The number of aliphatic imine (C=N–C) groups is 1. The molecule has 0 bridgehead atoms. The van der Waals surface area contributed by atoms with Crippen molar-refractivity contribution in [2.45, 2.75) is 19.8 Å². The van der Waals surface area contributed by atoms with Crippen molar-refractivity contribution in [3.05, 3.63) is 46.8 Å². The maximum absolute atomic E-state index is 9.21. The van der Waals surface area contributed by atoms with Gasteiger partial charge in [0.1, 0.15) is 11.4 Å². The second-order valence-electron chi connectivity index (χ2n) is 5.30. The number of hydrogen-bond acceptors (Lipinski definition) is 6. The van der Waals surface area contributed by atoms with Gasteiger partial charge in [-0.15, -0.1) is 0 Å². The lowest BCUT2D eigenvalue weighted by atomic mass is 10.1. The van der Waals surface area contributed by atoms with Crippen LogP contribution >= 0.6 is 11.6 Å². The lowest BCUT2D eigenvalue weighted by Gasteiger charge is -2.06. The number of benzene rings is 1. The summed E-state index contributed by atoms with van der Waals surface area (Å²) in [5.41, 5.74) is 1.67. The van der Waals surface area contributed by atoms with E-state index in [1.807, 2.05) is 19.1 Å². The summed E-state index contributed by atoms with van der Waals surface area (Å²) in [4.78, 5) is 8.62. The summed E-state index contributed by atoms with van der Waals surface area (Å²) < 4.78 is 11.0. The quantitative estimate of drug-likeness (QED) is 0.797. The Bertz CT molecular complexity index is 906. The molecule has 0 unspecified atom stereocenters. The minimum absolute atomic E-state index is 0.299. The van der Waals surface area contributed by atoms with Crippen LogP contribution in [-0.4, -0.2) is 23.0 Å². The molecule has 7 heteroatoms. The standard InChI is InChI=1S/C18H15ClN4O2/c1-2-6-24-15-8-12(10-20)7-13(9-15)18-22-17(23-25-18)16-5-3-4-14(19)11-21-16/h4-5,7-9,11H,2-3,6H2,1H3. The molecule has 0 saturated heterocycles. The molecule has 0 aliphatic carbocycles. The van der Waals surface area contributed by atoms with Gasteiger partial charge in [0.2, 0.25) is 5.82 Å². The summed E-state index contributed by atoms with van der Waals surface area (Å²) >= 11 is 5.94. The normalized spacial score (nSPS) is 13.6. The first-order chi connectivity index (χ1) is 12.2. The highest BCUT2D eigenvalue weighted by Crippen LogP contribution is 2.27. The molecule has 1 aliphatic rings. The zero-order chi connectivity index (χ0) is 17.6. The van der Waals surface area contributed by atoms with Crippen molar-refractivity contribution in [2.24, 2.45) is 4.99 Å². The SMILES string of the molecule is CCCOc1cc(C#N)cc(-c2nc(C3=CCC=C(Cl)C=N3)no2)c1. The lowest BCUT2D eigenvalue weighted by Crippen LogP contribution is -1.96. The molecule has 2 heterocycles. The van der Waals surface area contributed by atoms with Gasteiger partial charge in [-0.3, -0.25) is 4.99 Å². The molecule has 6 nitrogen and oxygen atoms in total. The van der Waals surface area contributed by atoms with Crippen LogP contribution in [0.2, 0.25) is 0 Å². The first kappa shape index (κ1) is 16.9. The zero-order valence-electron chi connectivity index (χ0n) is 13.6. The van der Waals surface area contributed by atoms with Crippen LogP contribution in [0.15, 0.2) is 44.9 Å². The van der Waals surface area contributed by atoms with Crippen LogP contribution < -0.4 is 4.74 Å². The van der Waals surface area contributed by atoms with Gasteiger partial charge in [0, 0.05) is 11.8 Å². The van der Waals surface area contributed by atoms with Gasteiger partial charge in [0.15, 0.2) is 0 Å². The molecule has 1 aromatic carbocycles. The van der Waals surface area contributed by atoms with E-state index in [2.05, 4.69) is 21.2 Å². The van der Waals surface area contributed by atoms with Gasteiger partial charge < -0.3 is 9.26 Å². The van der Waals surface area contributed by atoms with E-state index in [-0.39, 0.29) is 0 Å². The molecule has 0 spiro atoms. The molecule has 0 N–H and O–H groups in total. The van der Waals surface area contributed by atoms with Crippen LogP contribution in [0.1, 0.15) is 31.2 Å². The van der Waals surface area contributed by atoms with Crippen LogP contribution in [0, 0.1) is 11.3 Å². The smallest absolute Gasteiger partial charge is 0.258 e. The van der Waals surface area contributed by atoms with E-state index >= 15 is 0 Å². The fraction of sp³-hybridized carbons (Fsp3) is 0.222. The molecule has 0 saturated carbocycles. The number of aromatic nitrogens is 2. The fourth-order valence-electron chi connectivity index (χ4n) is 2.20. The van der Waals surface area contributed by atoms with Gasteiger partial charge in [0.05, 0.1) is 23.3 Å². The highest BCUT2D eigenvalue weighted by atomic mass is 35.5. The number of hydrogen-bond donors (Lipinski definition) is 0. The van der Waals surface area contributed by atoms with Crippen molar-refractivity contribution in [1.29, 1.82) is 5.26 Å². The number of nitriles is 1. The lowest BCUT2D eigenvalue weighted by molar-refractivity contribution is 0.317. The average Bonchev–Trinajstić information content (AvgIpc) is 3.02. The third-order valence-electron chi connectivity index (χ3n) is 3.36. The van der Waals surface area contributed by atoms with Crippen molar-refractivity contribution >= 4 is 23.5 Å². The van der Waals surface area contributed by atoms with Gasteiger partial charge in [-0.2, -0.15) is 10.2 Å². The largest absolute Gasteiger partial charge is 0.494 e. The molecule has 1 aromatic heterocycles. The van der Waals surface area contributed by atoms with E-state index < -0.39 is 0 Å². The van der Waals surface area contributed by atoms with Crippen molar-refractivity contribution in [3.8, 4) is 23.3 Å². The summed E-state index contributed by atoms with van der Waals surface area (Å²) in [5, 5.41) is 13.7. The molecule has 0 fully saturated rings. The van der Waals surface area contributed by atoms with E-state index in [1.165, 1.54) is 0 Å². The van der Waals surface area contributed by atoms with Gasteiger partial charge in [-0.1, -0.05) is 35.8 Å². The molecule has 3 rings (SSSR count). The Hall–Kier alpha value is -2.91. The van der Waals surface area contributed by atoms with Crippen LogP contribution in [-0.2, 0) is 0 Å². The Balaban J connectivity index is 1.91. The third-order valence-corrected chi connectivity index (χ3v) is 3.61. The number of ether oxygens (including phenoxy) is 1. The highest BCUT2D eigenvalue weighted by molar-refractivity contribution is 6.39.